The summed E-state index contributed by atoms with van der Waals surface area (Å²) in [4.78, 5) is 3.69. The molecule has 92 valence electrons. The second kappa shape index (κ2) is 4.79. The van der Waals surface area contributed by atoms with E-state index < -0.39 is 17.4 Å². The number of aromatic nitrogens is 3. The Kier molecular flexibility index (Phi) is 3.19. The lowest BCUT2D eigenvalue weighted by molar-refractivity contribution is 0.359. The van der Waals surface area contributed by atoms with Crippen LogP contribution in [0.15, 0.2) is 18.5 Å². The van der Waals surface area contributed by atoms with Gasteiger partial charge in [-0.05, 0) is 17.7 Å². The van der Waals surface area contributed by atoms with Gasteiger partial charge in [0, 0.05) is 0 Å². The first kappa shape index (κ1) is 12.0. The third-order valence-corrected chi connectivity index (χ3v) is 2.24. The first-order valence-electron chi connectivity index (χ1n) is 4.95. The zero-order valence-corrected chi connectivity index (χ0v) is 9.39. The number of nitrogens with zero attached hydrogens (tertiary/aromatic N) is 4. The molecule has 5 nitrogen and oxygen atoms in total. The molecule has 2 rings (SSSR count). The summed E-state index contributed by atoms with van der Waals surface area (Å²) < 4.78 is 32.7. The van der Waals surface area contributed by atoms with E-state index in [0.717, 1.165) is 12.1 Å². The fourth-order valence-electron chi connectivity index (χ4n) is 1.51. The predicted molar refractivity (Wildman–Crippen MR) is 56.7 cm³/mol. The van der Waals surface area contributed by atoms with Crippen LogP contribution in [0.2, 0.25) is 0 Å². The van der Waals surface area contributed by atoms with E-state index >= 15 is 0 Å². The molecule has 0 saturated heterocycles. The average molecular weight is 250 g/mol. The van der Waals surface area contributed by atoms with E-state index in [1.165, 1.54) is 18.1 Å². The summed E-state index contributed by atoms with van der Waals surface area (Å²) in [5, 5.41) is 12.3. The summed E-state index contributed by atoms with van der Waals surface area (Å²) in [5.41, 5.74) is 0.361. The lowest BCUT2D eigenvalue weighted by Crippen LogP contribution is -2.03. The van der Waals surface area contributed by atoms with Gasteiger partial charge in [0.05, 0.1) is 13.7 Å². The average Bonchev–Trinajstić information content (AvgIpc) is 2.76. The smallest absolute Gasteiger partial charge is 0.252 e. The molecule has 0 aliphatic carbocycles. The SMILES string of the molecule is COc1c(F)cc(Cn2cnc(C#N)n2)cc1F. The van der Waals surface area contributed by atoms with Crippen molar-refractivity contribution in [1.82, 2.24) is 14.8 Å². The van der Waals surface area contributed by atoms with Gasteiger partial charge >= 0.3 is 0 Å². The van der Waals surface area contributed by atoms with Crippen molar-refractivity contribution in [3.8, 4) is 11.8 Å². The van der Waals surface area contributed by atoms with Crippen LogP contribution in [0.4, 0.5) is 8.78 Å². The van der Waals surface area contributed by atoms with Crippen molar-refractivity contribution < 1.29 is 13.5 Å². The molecular formula is C11H8F2N4O. The molecule has 0 fully saturated rings. The van der Waals surface area contributed by atoms with Crippen LogP contribution in [0.1, 0.15) is 11.4 Å². The van der Waals surface area contributed by atoms with Crippen LogP contribution in [-0.2, 0) is 6.54 Å². The Labute approximate surface area is 101 Å². The van der Waals surface area contributed by atoms with Gasteiger partial charge in [-0.2, -0.15) is 5.26 Å². The quantitative estimate of drug-likeness (QED) is 0.827. The summed E-state index contributed by atoms with van der Waals surface area (Å²) in [6, 6.07) is 4.06. The predicted octanol–water partition coefficient (Wildman–Crippen LogP) is 1.48. The minimum Gasteiger partial charge on any atom is -0.491 e. The molecule has 7 heteroatoms. The third-order valence-electron chi connectivity index (χ3n) is 2.24. The number of hydrogen-bond acceptors (Lipinski definition) is 4. The number of rotatable bonds is 3. The standard InChI is InChI=1S/C11H8F2N4O/c1-18-11-8(12)2-7(3-9(11)13)5-17-6-15-10(4-14)16-17/h2-3,6H,5H2,1H3. The number of methoxy groups -OCH3 is 1. The van der Waals surface area contributed by atoms with Gasteiger partial charge in [0.1, 0.15) is 12.4 Å². The van der Waals surface area contributed by atoms with Crippen molar-refractivity contribution >= 4 is 0 Å². The number of halogens is 2. The van der Waals surface area contributed by atoms with Crippen LogP contribution in [0.5, 0.6) is 5.75 Å². The number of benzene rings is 1. The normalized spacial score (nSPS) is 10.1. The molecule has 0 bridgehead atoms. The van der Waals surface area contributed by atoms with E-state index in [1.54, 1.807) is 6.07 Å². The molecule has 1 heterocycles. The fraction of sp³-hybridized carbons (Fsp3) is 0.182. The molecule has 0 N–H and O–H groups in total. The largest absolute Gasteiger partial charge is 0.491 e. The lowest BCUT2D eigenvalue weighted by Gasteiger charge is -2.06. The van der Waals surface area contributed by atoms with E-state index in [9.17, 15) is 8.78 Å². The van der Waals surface area contributed by atoms with Gasteiger partial charge in [-0.25, -0.2) is 18.4 Å². The molecule has 0 aliphatic heterocycles. The Morgan fingerprint density at radius 3 is 2.56 bits per heavy atom. The summed E-state index contributed by atoms with van der Waals surface area (Å²) in [6.45, 7) is 0.118. The molecule has 0 amide bonds. The first-order chi connectivity index (χ1) is 8.63. The summed E-state index contributed by atoms with van der Waals surface area (Å²) in [6.07, 6.45) is 1.32. The molecule has 0 radical (unpaired) electrons. The van der Waals surface area contributed by atoms with Crippen LogP contribution in [0, 0.1) is 23.0 Å². The van der Waals surface area contributed by atoms with E-state index in [0.29, 0.717) is 5.56 Å². The van der Waals surface area contributed by atoms with Crippen LogP contribution < -0.4 is 4.74 Å². The zero-order valence-electron chi connectivity index (χ0n) is 9.39. The van der Waals surface area contributed by atoms with Gasteiger partial charge in [0.2, 0.25) is 0 Å². The second-order valence-corrected chi connectivity index (χ2v) is 3.47. The van der Waals surface area contributed by atoms with Gasteiger partial charge in [-0.1, -0.05) is 0 Å². The molecule has 2 aromatic rings. The molecule has 0 atom stereocenters. The molecule has 18 heavy (non-hydrogen) atoms. The molecule has 0 unspecified atom stereocenters. The Morgan fingerprint density at radius 1 is 1.39 bits per heavy atom. The van der Waals surface area contributed by atoms with Gasteiger partial charge in [0.25, 0.3) is 5.82 Å². The molecular weight excluding hydrogens is 242 g/mol. The Hall–Kier alpha value is -2.49. The first-order valence-corrected chi connectivity index (χ1v) is 4.95. The summed E-state index contributed by atoms with van der Waals surface area (Å²) >= 11 is 0. The number of hydrogen-bond donors (Lipinski definition) is 0. The molecule has 0 saturated carbocycles. The highest BCUT2D eigenvalue weighted by Gasteiger charge is 2.12. The fourth-order valence-corrected chi connectivity index (χ4v) is 1.51. The minimum atomic E-state index is -0.784. The van der Waals surface area contributed by atoms with E-state index in [4.69, 9.17) is 5.26 Å². The zero-order chi connectivity index (χ0) is 13.1. The van der Waals surface area contributed by atoms with Gasteiger partial charge < -0.3 is 4.74 Å². The van der Waals surface area contributed by atoms with Crippen molar-refractivity contribution in [2.45, 2.75) is 6.54 Å². The molecule has 1 aromatic carbocycles. The Balaban J connectivity index is 2.27. The van der Waals surface area contributed by atoms with Crippen LogP contribution in [-0.4, -0.2) is 21.9 Å². The molecule has 0 spiro atoms. The van der Waals surface area contributed by atoms with Crippen molar-refractivity contribution in [2.75, 3.05) is 7.11 Å². The van der Waals surface area contributed by atoms with Crippen molar-refractivity contribution in [3.63, 3.8) is 0 Å². The molecule has 1 aromatic heterocycles. The van der Waals surface area contributed by atoms with Crippen LogP contribution in [0.25, 0.3) is 0 Å². The summed E-state index contributed by atoms with van der Waals surface area (Å²) in [7, 11) is 1.19. The van der Waals surface area contributed by atoms with Crippen molar-refractivity contribution in [3.05, 3.63) is 41.5 Å². The maximum atomic E-state index is 13.4. The second-order valence-electron chi connectivity index (χ2n) is 3.47. The topological polar surface area (TPSA) is 63.7 Å². The highest BCUT2D eigenvalue weighted by atomic mass is 19.1. The van der Waals surface area contributed by atoms with Crippen LogP contribution >= 0.6 is 0 Å². The lowest BCUT2D eigenvalue weighted by atomic mass is 10.2. The number of ether oxygens (including phenoxy) is 1. The van der Waals surface area contributed by atoms with Crippen molar-refractivity contribution in [2.24, 2.45) is 0 Å². The van der Waals surface area contributed by atoms with Gasteiger partial charge in [0.15, 0.2) is 17.4 Å². The van der Waals surface area contributed by atoms with E-state index in [2.05, 4.69) is 14.8 Å². The van der Waals surface area contributed by atoms with E-state index in [1.807, 2.05) is 0 Å². The van der Waals surface area contributed by atoms with Gasteiger partial charge in [-0.3, -0.25) is 0 Å². The molecule has 0 aliphatic rings. The van der Waals surface area contributed by atoms with Gasteiger partial charge in [-0.15, -0.1) is 5.10 Å². The van der Waals surface area contributed by atoms with E-state index in [-0.39, 0.29) is 12.4 Å². The minimum absolute atomic E-state index is 0.00413. The highest BCUT2D eigenvalue weighted by Crippen LogP contribution is 2.23. The number of nitriles is 1. The highest BCUT2D eigenvalue weighted by molar-refractivity contribution is 5.31. The Bertz CT molecular complexity index is 595. The Morgan fingerprint density at radius 2 is 2.06 bits per heavy atom. The van der Waals surface area contributed by atoms with Crippen LogP contribution in [0.3, 0.4) is 0 Å². The third kappa shape index (κ3) is 2.27. The maximum Gasteiger partial charge on any atom is 0.252 e. The maximum absolute atomic E-state index is 13.4. The van der Waals surface area contributed by atoms with Crippen molar-refractivity contribution in [1.29, 1.82) is 5.26 Å². The monoisotopic (exact) mass is 250 g/mol. The summed E-state index contributed by atoms with van der Waals surface area (Å²) in [5.74, 6) is -1.99.